The van der Waals surface area contributed by atoms with Gasteiger partial charge in [0.2, 0.25) is 0 Å². The predicted molar refractivity (Wildman–Crippen MR) is 98.9 cm³/mol. The second-order valence-corrected chi connectivity index (χ2v) is 6.10. The number of nitrogens with one attached hydrogen (secondary N) is 1. The molecular weight excluding hydrogens is 354 g/mol. The van der Waals surface area contributed by atoms with E-state index >= 15 is 0 Å². The Morgan fingerprint density at radius 2 is 1.77 bits per heavy atom. The molecular formula is C20H16ClNO4. The first-order chi connectivity index (χ1) is 12.5. The molecule has 0 aliphatic rings. The number of carbonyl (C=O) groups is 2. The van der Waals surface area contributed by atoms with Gasteiger partial charge in [0.1, 0.15) is 5.76 Å². The number of aromatic carboxylic acids is 1. The number of benzene rings is 2. The summed E-state index contributed by atoms with van der Waals surface area (Å²) >= 11 is 6.25. The Labute approximate surface area is 155 Å². The third-order valence-corrected chi connectivity index (χ3v) is 4.23. The Balaban J connectivity index is 1.86. The monoisotopic (exact) mass is 369 g/mol. The molecule has 132 valence electrons. The van der Waals surface area contributed by atoms with Gasteiger partial charge in [-0.25, -0.2) is 4.79 Å². The first kappa shape index (κ1) is 17.8. The molecule has 0 spiro atoms. The number of hydrogen-bond donors (Lipinski definition) is 2. The van der Waals surface area contributed by atoms with Crippen molar-refractivity contribution in [1.29, 1.82) is 0 Å². The summed E-state index contributed by atoms with van der Waals surface area (Å²) in [6, 6.07) is 15.3. The number of para-hydroxylation sites is 1. The molecule has 3 aromatic rings. The van der Waals surface area contributed by atoms with Crippen LogP contribution in [0.15, 0.2) is 65.3 Å². The van der Waals surface area contributed by atoms with Gasteiger partial charge in [0.15, 0.2) is 0 Å². The lowest BCUT2D eigenvalue weighted by Crippen LogP contribution is -2.15. The van der Waals surface area contributed by atoms with E-state index in [1.165, 1.54) is 12.1 Å². The molecule has 0 radical (unpaired) electrons. The smallest absolute Gasteiger partial charge is 0.335 e. The molecule has 0 unspecified atom stereocenters. The van der Waals surface area contributed by atoms with Crippen molar-refractivity contribution in [3.63, 3.8) is 0 Å². The number of carboxylic acid groups (broad SMARTS) is 1. The van der Waals surface area contributed by atoms with Crippen LogP contribution in [0, 0.1) is 0 Å². The summed E-state index contributed by atoms with van der Waals surface area (Å²) in [5.74, 6) is -0.811. The summed E-state index contributed by atoms with van der Waals surface area (Å²) in [6.07, 6.45) is 2.55. The van der Waals surface area contributed by atoms with E-state index in [0.717, 1.165) is 5.76 Å². The van der Waals surface area contributed by atoms with Crippen LogP contribution in [0.5, 0.6) is 0 Å². The summed E-state index contributed by atoms with van der Waals surface area (Å²) in [6.45, 7) is 0. The number of rotatable bonds is 6. The average molecular weight is 370 g/mol. The molecule has 1 heterocycles. The van der Waals surface area contributed by atoms with E-state index in [0.29, 0.717) is 24.1 Å². The van der Waals surface area contributed by atoms with Gasteiger partial charge in [-0.05, 0) is 48.4 Å². The highest BCUT2D eigenvalue weighted by Crippen LogP contribution is 2.24. The molecule has 6 heteroatoms. The van der Waals surface area contributed by atoms with Crippen LogP contribution >= 0.6 is 11.6 Å². The topological polar surface area (TPSA) is 79.5 Å². The third kappa shape index (κ3) is 4.13. The number of carbonyl (C=O) groups excluding carboxylic acids is 1. The highest BCUT2D eigenvalue weighted by Gasteiger charge is 2.18. The van der Waals surface area contributed by atoms with E-state index < -0.39 is 11.9 Å². The van der Waals surface area contributed by atoms with Crippen molar-refractivity contribution in [2.45, 2.75) is 12.8 Å². The molecule has 0 atom stereocenters. The van der Waals surface area contributed by atoms with Crippen molar-refractivity contribution in [2.75, 3.05) is 5.32 Å². The molecule has 0 bridgehead atoms. The number of anilines is 1. The molecule has 1 amide bonds. The fourth-order valence-corrected chi connectivity index (χ4v) is 2.90. The highest BCUT2D eigenvalue weighted by atomic mass is 35.5. The van der Waals surface area contributed by atoms with Gasteiger partial charge in [-0.15, -0.1) is 0 Å². The largest absolute Gasteiger partial charge is 0.478 e. The maximum absolute atomic E-state index is 12.5. The molecule has 2 aromatic carbocycles. The molecule has 0 saturated carbocycles. The summed E-state index contributed by atoms with van der Waals surface area (Å²) in [4.78, 5) is 24.1. The zero-order valence-electron chi connectivity index (χ0n) is 13.7. The number of furan rings is 1. The Kier molecular flexibility index (Phi) is 5.39. The second-order valence-electron chi connectivity index (χ2n) is 5.69. The maximum atomic E-state index is 12.5. The molecule has 1 aromatic heterocycles. The summed E-state index contributed by atoms with van der Waals surface area (Å²) < 4.78 is 5.27. The fraction of sp³-hybridized carbons (Fsp3) is 0.100. The van der Waals surface area contributed by atoms with E-state index in [4.69, 9.17) is 16.0 Å². The molecule has 3 rings (SSSR count). The van der Waals surface area contributed by atoms with Gasteiger partial charge in [-0.1, -0.05) is 29.8 Å². The molecule has 2 N–H and O–H groups in total. The first-order valence-corrected chi connectivity index (χ1v) is 8.37. The SMILES string of the molecule is O=C(Nc1ccccc1)c1cc(C(=O)O)c(CCc2ccco2)cc1Cl. The van der Waals surface area contributed by atoms with Gasteiger partial charge in [0, 0.05) is 12.1 Å². The molecule has 0 saturated heterocycles. The van der Waals surface area contributed by atoms with Crippen LogP contribution in [0.25, 0.3) is 0 Å². The van der Waals surface area contributed by atoms with Crippen LogP contribution < -0.4 is 5.32 Å². The lowest BCUT2D eigenvalue weighted by Gasteiger charge is -2.11. The van der Waals surface area contributed by atoms with Crippen molar-refractivity contribution in [3.05, 3.63) is 88.3 Å². The highest BCUT2D eigenvalue weighted by molar-refractivity contribution is 6.34. The van der Waals surface area contributed by atoms with Crippen LogP contribution in [0.1, 0.15) is 32.0 Å². The minimum atomic E-state index is -1.11. The predicted octanol–water partition coefficient (Wildman–Crippen LogP) is 4.67. The lowest BCUT2D eigenvalue weighted by atomic mass is 9.99. The number of aryl methyl sites for hydroxylation is 2. The zero-order chi connectivity index (χ0) is 18.5. The number of amides is 1. The lowest BCUT2D eigenvalue weighted by molar-refractivity contribution is 0.0695. The molecule has 0 aliphatic carbocycles. The summed E-state index contributed by atoms with van der Waals surface area (Å²) in [5, 5.41) is 12.4. The fourth-order valence-electron chi connectivity index (χ4n) is 2.63. The van der Waals surface area contributed by atoms with Gasteiger partial charge in [-0.2, -0.15) is 0 Å². The van der Waals surface area contributed by atoms with E-state index in [1.54, 1.807) is 36.6 Å². The zero-order valence-corrected chi connectivity index (χ0v) is 14.5. The Bertz CT molecular complexity index is 920. The Hall–Kier alpha value is -3.05. The molecule has 26 heavy (non-hydrogen) atoms. The van der Waals surface area contributed by atoms with E-state index in [2.05, 4.69) is 5.32 Å². The van der Waals surface area contributed by atoms with Gasteiger partial charge in [-0.3, -0.25) is 4.79 Å². The summed E-state index contributed by atoms with van der Waals surface area (Å²) in [7, 11) is 0. The minimum absolute atomic E-state index is 0.0548. The minimum Gasteiger partial charge on any atom is -0.478 e. The van der Waals surface area contributed by atoms with Crippen molar-refractivity contribution < 1.29 is 19.1 Å². The van der Waals surface area contributed by atoms with Crippen molar-refractivity contribution >= 4 is 29.2 Å². The van der Waals surface area contributed by atoms with Gasteiger partial charge in [0.25, 0.3) is 5.91 Å². The maximum Gasteiger partial charge on any atom is 0.335 e. The number of carboxylic acids is 1. The van der Waals surface area contributed by atoms with Crippen molar-refractivity contribution in [1.82, 2.24) is 0 Å². The van der Waals surface area contributed by atoms with Crippen LogP contribution in [0.2, 0.25) is 5.02 Å². The van der Waals surface area contributed by atoms with Crippen molar-refractivity contribution in [3.8, 4) is 0 Å². The molecule has 0 aliphatic heterocycles. The van der Waals surface area contributed by atoms with Gasteiger partial charge in [0.05, 0.1) is 22.4 Å². The first-order valence-electron chi connectivity index (χ1n) is 7.99. The molecule has 5 nitrogen and oxygen atoms in total. The van der Waals surface area contributed by atoms with Crippen LogP contribution in [-0.4, -0.2) is 17.0 Å². The van der Waals surface area contributed by atoms with Crippen LogP contribution in [0.4, 0.5) is 5.69 Å². The third-order valence-electron chi connectivity index (χ3n) is 3.92. The van der Waals surface area contributed by atoms with Gasteiger partial charge < -0.3 is 14.8 Å². The summed E-state index contributed by atoms with van der Waals surface area (Å²) in [5.41, 5.74) is 1.33. The molecule has 0 fully saturated rings. The van der Waals surface area contributed by atoms with Crippen LogP contribution in [-0.2, 0) is 12.8 Å². The Morgan fingerprint density at radius 3 is 2.42 bits per heavy atom. The van der Waals surface area contributed by atoms with Crippen molar-refractivity contribution in [2.24, 2.45) is 0 Å². The average Bonchev–Trinajstić information content (AvgIpc) is 3.14. The van der Waals surface area contributed by atoms with Gasteiger partial charge >= 0.3 is 5.97 Å². The van der Waals surface area contributed by atoms with E-state index in [9.17, 15) is 14.7 Å². The second kappa shape index (κ2) is 7.89. The number of halogens is 1. The van der Waals surface area contributed by atoms with E-state index in [-0.39, 0.29) is 16.1 Å². The van der Waals surface area contributed by atoms with E-state index in [1.807, 2.05) is 12.1 Å². The quantitative estimate of drug-likeness (QED) is 0.661. The van der Waals surface area contributed by atoms with Crippen LogP contribution in [0.3, 0.4) is 0 Å². The Morgan fingerprint density at radius 1 is 1.00 bits per heavy atom. The number of hydrogen-bond acceptors (Lipinski definition) is 3. The normalized spacial score (nSPS) is 10.5. The standard InChI is InChI=1S/C20H16ClNO4/c21-18-11-13(8-9-15-7-4-10-26-15)16(20(24)25)12-17(18)19(23)22-14-5-2-1-3-6-14/h1-7,10-12H,8-9H2,(H,22,23)(H,24,25).